The quantitative estimate of drug-likeness (QED) is 0.688. The van der Waals surface area contributed by atoms with E-state index in [1.54, 1.807) is 11.0 Å². The standard InChI is InChI=1S/C9H12N2O2/c1-7-4-8(5-13-7)9(12)11-3-2-10-6-11/h4-5,10H,2-3,6H2,1H3. The molecule has 0 aliphatic carbocycles. The van der Waals surface area contributed by atoms with E-state index in [0.717, 1.165) is 18.8 Å². The predicted octanol–water partition coefficient (Wildman–Crippen LogP) is 0.591. The molecule has 1 fully saturated rings. The maximum absolute atomic E-state index is 11.7. The van der Waals surface area contributed by atoms with Crippen molar-refractivity contribution in [3.05, 3.63) is 23.7 Å². The summed E-state index contributed by atoms with van der Waals surface area (Å²) in [5.41, 5.74) is 0.640. The normalized spacial score (nSPS) is 16.5. The number of carbonyl (C=O) groups excluding carboxylic acids is 1. The third kappa shape index (κ3) is 1.58. The number of amides is 1. The first kappa shape index (κ1) is 8.31. The number of hydrogen-bond acceptors (Lipinski definition) is 3. The highest BCUT2D eigenvalue weighted by atomic mass is 16.3. The molecule has 1 aromatic heterocycles. The minimum Gasteiger partial charge on any atom is -0.469 e. The van der Waals surface area contributed by atoms with E-state index in [4.69, 9.17) is 4.42 Å². The molecule has 4 heteroatoms. The fraction of sp³-hybridized carbons (Fsp3) is 0.444. The number of carbonyl (C=O) groups is 1. The van der Waals surface area contributed by atoms with Crippen LogP contribution in [0.4, 0.5) is 0 Å². The number of furan rings is 1. The second-order valence-electron chi connectivity index (χ2n) is 3.17. The van der Waals surface area contributed by atoms with Crippen molar-refractivity contribution in [1.29, 1.82) is 0 Å². The van der Waals surface area contributed by atoms with Gasteiger partial charge in [-0.1, -0.05) is 0 Å². The summed E-state index contributed by atoms with van der Waals surface area (Å²) in [6.45, 7) is 4.13. The Kier molecular flexibility index (Phi) is 2.06. The third-order valence-corrected chi connectivity index (χ3v) is 2.13. The van der Waals surface area contributed by atoms with Crippen molar-refractivity contribution in [3.8, 4) is 0 Å². The van der Waals surface area contributed by atoms with Gasteiger partial charge in [-0.2, -0.15) is 0 Å². The Hall–Kier alpha value is -1.29. The van der Waals surface area contributed by atoms with Crippen molar-refractivity contribution >= 4 is 5.91 Å². The van der Waals surface area contributed by atoms with Gasteiger partial charge in [-0.05, 0) is 13.0 Å². The lowest BCUT2D eigenvalue weighted by molar-refractivity contribution is 0.0790. The number of rotatable bonds is 1. The van der Waals surface area contributed by atoms with E-state index in [0.29, 0.717) is 12.2 Å². The Balaban J connectivity index is 2.12. The molecule has 1 amide bonds. The minimum absolute atomic E-state index is 0.0434. The summed E-state index contributed by atoms with van der Waals surface area (Å²) in [5, 5.41) is 3.10. The lowest BCUT2D eigenvalue weighted by atomic mass is 10.3. The lowest BCUT2D eigenvalue weighted by Gasteiger charge is -2.11. The van der Waals surface area contributed by atoms with E-state index >= 15 is 0 Å². The molecule has 1 aliphatic rings. The summed E-state index contributed by atoms with van der Waals surface area (Å²) in [5.74, 6) is 0.817. The molecule has 13 heavy (non-hydrogen) atoms. The van der Waals surface area contributed by atoms with Crippen LogP contribution in [0.3, 0.4) is 0 Å². The van der Waals surface area contributed by atoms with Gasteiger partial charge in [0.1, 0.15) is 12.0 Å². The van der Waals surface area contributed by atoms with Crippen LogP contribution >= 0.6 is 0 Å². The van der Waals surface area contributed by atoms with Crippen LogP contribution in [0.5, 0.6) is 0 Å². The van der Waals surface area contributed by atoms with Gasteiger partial charge in [0.05, 0.1) is 12.2 Å². The van der Waals surface area contributed by atoms with Gasteiger partial charge in [-0.3, -0.25) is 10.1 Å². The molecule has 0 radical (unpaired) electrons. The third-order valence-electron chi connectivity index (χ3n) is 2.13. The Morgan fingerprint density at radius 1 is 1.69 bits per heavy atom. The summed E-state index contributed by atoms with van der Waals surface area (Å²) in [6, 6.07) is 1.76. The van der Waals surface area contributed by atoms with Crippen LogP contribution in [0.1, 0.15) is 16.1 Å². The summed E-state index contributed by atoms with van der Waals surface area (Å²) in [6.07, 6.45) is 1.51. The molecule has 0 aromatic carbocycles. The summed E-state index contributed by atoms with van der Waals surface area (Å²) in [7, 11) is 0. The molecule has 4 nitrogen and oxygen atoms in total. The fourth-order valence-electron chi connectivity index (χ4n) is 1.42. The second-order valence-corrected chi connectivity index (χ2v) is 3.17. The Bertz CT molecular complexity index is 313. The summed E-state index contributed by atoms with van der Waals surface area (Å²) >= 11 is 0. The highest BCUT2D eigenvalue weighted by molar-refractivity contribution is 5.94. The fourth-order valence-corrected chi connectivity index (χ4v) is 1.42. The van der Waals surface area contributed by atoms with E-state index in [2.05, 4.69) is 5.32 Å². The molecule has 2 rings (SSSR count). The van der Waals surface area contributed by atoms with Crippen molar-refractivity contribution in [1.82, 2.24) is 10.2 Å². The van der Waals surface area contributed by atoms with Crippen molar-refractivity contribution in [2.24, 2.45) is 0 Å². The van der Waals surface area contributed by atoms with Crippen LogP contribution in [0.2, 0.25) is 0 Å². The van der Waals surface area contributed by atoms with Gasteiger partial charge in [0.2, 0.25) is 0 Å². The van der Waals surface area contributed by atoms with Gasteiger partial charge in [0, 0.05) is 13.1 Å². The number of aryl methyl sites for hydroxylation is 1. The number of nitrogens with one attached hydrogen (secondary N) is 1. The predicted molar refractivity (Wildman–Crippen MR) is 47.4 cm³/mol. The molecule has 1 aliphatic heterocycles. The van der Waals surface area contributed by atoms with Crippen LogP contribution in [-0.2, 0) is 0 Å². The molecule has 70 valence electrons. The minimum atomic E-state index is 0.0434. The molecule has 1 aromatic rings. The van der Waals surface area contributed by atoms with Crippen LogP contribution in [-0.4, -0.2) is 30.6 Å². The molecule has 2 heterocycles. The van der Waals surface area contributed by atoms with Crippen LogP contribution in [0, 0.1) is 6.92 Å². The van der Waals surface area contributed by atoms with Gasteiger partial charge >= 0.3 is 0 Å². The molecular formula is C9H12N2O2. The van der Waals surface area contributed by atoms with E-state index in [-0.39, 0.29) is 5.91 Å². The molecule has 0 saturated carbocycles. The summed E-state index contributed by atoms with van der Waals surface area (Å²) < 4.78 is 5.08. The van der Waals surface area contributed by atoms with Gasteiger partial charge in [-0.25, -0.2) is 0 Å². The first-order chi connectivity index (χ1) is 6.27. The molecule has 1 N–H and O–H groups in total. The molecule has 0 spiro atoms. The average molecular weight is 180 g/mol. The SMILES string of the molecule is Cc1cc(C(=O)N2CCNC2)co1. The van der Waals surface area contributed by atoms with Crippen LogP contribution in [0.25, 0.3) is 0 Å². The Labute approximate surface area is 76.5 Å². The van der Waals surface area contributed by atoms with E-state index in [9.17, 15) is 4.79 Å². The first-order valence-electron chi connectivity index (χ1n) is 4.32. The zero-order valence-corrected chi connectivity index (χ0v) is 7.54. The average Bonchev–Trinajstić information content (AvgIpc) is 2.72. The largest absolute Gasteiger partial charge is 0.469 e. The van der Waals surface area contributed by atoms with E-state index < -0.39 is 0 Å². The van der Waals surface area contributed by atoms with Gasteiger partial charge < -0.3 is 9.32 Å². The first-order valence-corrected chi connectivity index (χ1v) is 4.32. The van der Waals surface area contributed by atoms with Gasteiger partial charge in [-0.15, -0.1) is 0 Å². The highest BCUT2D eigenvalue weighted by Gasteiger charge is 2.19. The number of nitrogens with zero attached hydrogens (tertiary/aromatic N) is 1. The van der Waals surface area contributed by atoms with Crippen molar-refractivity contribution in [2.75, 3.05) is 19.8 Å². The Morgan fingerprint density at radius 3 is 3.08 bits per heavy atom. The van der Waals surface area contributed by atoms with Gasteiger partial charge in [0.25, 0.3) is 5.91 Å². The van der Waals surface area contributed by atoms with E-state index in [1.165, 1.54) is 6.26 Å². The van der Waals surface area contributed by atoms with Crippen LogP contribution in [0.15, 0.2) is 16.7 Å². The highest BCUT2D eigenvalue weighted by Crippen LogP contribution is 2.10. The lowest BCUT2D eigenvalue weighted by Crippen LogP contribution is -2.29. The second kappa shape index (κ2) is 3.22. The maximum Gasteiger partial charge on any atom is 0.258 e. The molecule has 0 bridgehead atoms. The molecule has 0 unspecified atom stereocenters. The smallest absolute Gasteiger partial charge is 0.258 e. The summed E-state index contributed by atoms with van der Waals surface area (Å²) in [4.78, 5) is 13.5. The molecular weight excluding hydrogens is 168 g/mol. The molecule has 0 atom stereocenters. The number of hydrogen-bond donors (Lipinski definition) is 1. The Morgan fingerprint density at radius 2 is 2.54 bits per heavy atom. The van der Waals surface area contributed by atoms with Crippen molar-refractivity contribution in [3.63, 3.8) is 0 Å². The van der Waals surface area contributed by atoms with E-state index in [1.807, 2.05) is 6.92 Å². The van der Waals surface area contributed by atoms with Crippen molar-refractivity contribution < 1.29 is 9.21 Å². The maximum atomic E-state index is 11.7. The zero-order valence-electron chi connectivity index (χ0n) is 7.54. The van der Waals surface area contributed by atoms with Crippen LogP contribution < -0.4 is 5.32 Å². The van der Waals surface area contributed by atoms with Crippen molar-refractivity contribution in [2.45, 2.75) is 6.92 Å². The molecule has 1 saturated heterocycles. The van der Waals surface area contributed by atoms with Gasteiger partial charge in [0.15, 0.2) is 0 Å². The monoisotopic (exact) mass is 180 g/mol. The zero-order chi connectivity index (χ0) is 9.26. The topological polar surface area (TPSA) is 45.5 Å².